The predicted molar refractivity (Wildman–Crippen MR) is 69.6 cm³/mol. The van der Waals surface area contributed by atoms with Crippen molar-refractivity contribution in [1.29, 1.82) is 0 Å². The van der Waals surface area contributed by atoms with Crippen molar-refractivity contribution in [3.63, 3.8) is 0 Å². The van der Waals surface area contributed by atoms with Crippen LogP contribution in [0.2, 0.25) is 0 Å². The number of nitro benzene ring substituents is 1. The van der Waals surface area contributed by atoms with E-state index in [1.807, 2.05) is 0 Å². The quantitative estimate of drug-likeness (QED) is 0.643. The molecule has 1 unspecified atom stereocenters. The number of hydrogen-bond donors (Lipinski definition) is 0. The minimum absolute atomic E-state index is 0.0570. The lowest BCUT2D eigenvalue weighted by Crippen LogP contribution is -2.03. The van der Waals surface area contributed by atoms with Crippen LogP contribution < -0.4 is 0 Å². The summed E-state index contributed by atoms with van der Waals surface area (Å²) in [4.78, 5) is 9.70. The van der Waals surface area contributed by atoms with Gasteiger partial charge in [-0.1, -0.05) is 24.3 Å². The number of benzene rings is 2. The highest BCUT2D eigenvalue weighted by Crippen LogP contribution is 2.23. The standard InChI is InChI=1S/C13H9F2NO3S/c14-10-5-1-2-7-12(10)20(19)8-9-4-3-6-11(13(9)15)16(17)18/h1-7H,8H2. The Kier molecular flexibility index (Phi) is 4.19. The Balaban J connectivity index is 2.32. The Morgan fingerprint density at radius 1 is 1.10 bits per heavy atom. The van der Waals surface area contributed by atoms with Crippen LogP contribution in [0.5, 0.6) is 0 Å². The van der Waals surface area contributed by atoms with Gasteiger partial charge in [0.25, 0.3) is 0 Å². The van der Waals surface area contributed by atoms with E-state index in [2.05, 4.69) is 0 Å². The molecule has 0 aliphatic carbocycles. The Hall–Kier alpha value is -2.15. The van der Waals surface area contributed by atoms with Gasteiger partial charge in [-0.3, -0.25) is 14.3 Å². The first-order valence-corrected chi connectivity index (χ1v) is 6.87. The van der Waals surface area contributed by atoms with Gasteiger partial charge in [-0.15, -0.1) is 0 Å². The molecule has 0 radical (unpaired) electrons. The molecule has 0 N–H and O–H groups in total. The van der Waals surface area contributed by atoms with E-state index in [4.69, 9.17) is 0 Å². The van der Waals surface area contributed by atoms with Gasteiger partial charge in [0.15, 0.2) is 0 Å². The lowest BCUT2D eigenvalue weighted by molar-refractivity contribution is -0.387. The fourth-order valence-electron chi connectivity index (χ4n) is 1.67. The van der Waals surface area contributed by atoms with Crippen molar-refractivity contribution in [2.75, 3.05) is 0 Å². The van der Waals surface area contributed by atoms with Gasteiger partial charge in [-0.2, -0.15) is 4.39 Å². The zero-order valence-electron chi connectivity index (χ0n) is 10.1. The van der Waals surface area contributed by atoms with E-state index >= 15 is 0 Å². The van der Waals surface area contributed by atoms with Crippen LogP contribution in [0.1, 0.15) is 5.56 Å². The molecule has 2 aromatic rings. The maximum atomic E-state index is 13.8. The molecule has 0 bridgehead atoms. The second kappa shape index (κ2) is 5.87. The molecule has 7 heteroatoms. The first-order chi connectivity index (χ1) is 9.50. The fourth-order valence-corrected chi connectivity index (χ4v) is 2.84. The van der Waals surface area contributed by atoms with Crippen molar-refractivity contribution >= 4 is 16.5 Å². The third-order valence-electron chi connectivity index (χ3n) is 2.62. The van der Waals surface area contributed by atoms with E-state index in [1.165, 1.54) is 30.3 Å². The van der Waals surface area contributed by atoms with E-state index in [0.717, 1.165) is 12.1 Å². The smallest absolute Gasteiger partial charge is 0.258 e. The second-order valence-corrected chi connectivity index (χ2v) is 5.35. The largest absolute Gasteiger partial charge is 0.305 e. The third kappa shape index (κ3) is 2.88. The summed E-state index contributed by atoms with van der Waals surface area (Å²) >= 11 is 0. The predicted octanol–water partition coefficient (Wildman–Crippen LogP) is 3.18. The molecular weight excluding hydrogens is 288 g/mol. The molecule has 1 atom stereocenters. The van der Waals surface area contributed by atoms with Crippen molar-refractivity contribution in [3.05, 3.63) is 69.8 Å². The molecular formula is C13H9F2NO3S. The van der Waals surface area contributed by atoms with Crippen LogP contribution >= 0.6 is 0 Å². The molecule has 0 amide bonds. The summed E-state index contributed by atoms with van der Waals surface area (Å²) < 4.78 is 39.3. The number of halogens is 2. The van der Waals surface area contributed by atoms with Gasteiger partial charge in [0.05, 0.1) is 26.4 Å². The van der Waals surface area contributed by atoms with Crippen LogP contribution in [0.25, 0.3) is 0 Å². The maximum Gasteiger partial charge on any atom is 0.305 e. The van der Waals surface area contributed by atoms with Crippen LogP contribution in [0.15, 0.2) is 47.4 Å². The van der Waals surface area contributed by atoms with E-state index in [-0.39, 0.29) is 16.2 Å². The maximum absolute atomic E-state index is 13.8. The minimum Gasteiger partial charge on any atom is -0.258 e. The van der Waals surface area contributed by atoms with Crippen molar-refractivity contribution in [1.82, 2.24) is 0 Å². The first-order valence-electron chi connectivity index (χ1n) is 5.55. The molecule has 2 rings (SSSR count). The Bertz CT molecular complexity index is 691. The third-order valence-corrected chi connectivity index (χ3v) is 4.02. The topological polar surface area (TPSA) is 60.2 Å². The highest BCUT2D eigenvalue weighted by Gasteiger charge is 2.19. The van der Waals surface area contributed by atoms with Crippen molar-refractivity contribution in [2.24, 2.45) is 0 Å². The van der Waals surface area contributed by atoms with Crippen LogP contribution in [0.4, 0.5) is 14.5 Å². The molecule has 0 saturated heterocycles. The molecule has 0 aromatic heterocycles. The van der Waals surface area contributed by atoms with Crippen LogP contribution in [-0.2, 0) is 16.6 Å². The summed E-state index contributed by atoms with van der Waals surface area (Å²) in [5.74, 6) is -2.02. The SMILES string of the molecule is O=[N+]([O-])c1cccc(CS(=O)c2ccccc2F)c1F. The van der Waals surface area contributed by atoms with Crippen LogP contribution in [-0.4, -0.2) is 9.13 Å². The number of hydrogen-bond acceptors (Lipinski definition) is 3. The molecule has 20 heavy (non-hydrogen) atoms. The van der Waals surface area contributed by atoms with Gasteiger partial charge in [0.2, 0.25) is 5.82 Å². The molecule has 0 aliphatic rings. The molecule has 0 saturated carbocycles. The Morgan fingerprint density at radius 2 is 1.80 bits per heavy atom. The van der Waals surface area contributed by atoms with E-state index in [9.17, 15) is 23.1 Å². The summed E-state index contributed by atoms with van der Waals surface area (Å²) in [5.41, 5.74) is -0.770. The van der Waals surface area contributed by atoms with Gasteiger partial charge in [0.1, 0.15) is 5.82 Å². The number of nitro groups is 1. The molecule has 2 aromatic carbocycles. The average Bonchev–Trinajstić information content (AvgIpc) is 2.41. The summed E-state index contributed by atoms with van der Waals surface area (Å²) in [6, 6.07) is 9.06. The summed E-state index contributed by atoms with van der Waals surface area (Å²) in [7, 11) is -1.82. The second-order valence-electron chi connectivity index (χ2n) is 3.93. The highest BCUT2D eigenvalue weighted by atomic mass is 32.2. The van der Waals surface area contributed by atoms with Gasteiger partial charge < -0.3 is 0 Å². The van der Waals surface area contributed by atoms with Crippen LogP contribution in [0, 0.1) is 21.7 Å². The molecule has 0 aliphatic heterocycles. The average molecular weight is 297 g/mol. The van der Waals surface area contributed by atoms with E-state index in [1.54, 1.807) is 0 Å². The van der Waals surface area contributed by atoms with Gasteiger partial charge in [0, 0.05) is 11.6 Å². The summed E-state index contributed by atoms with van der Waals surface area (Å²) in [5, 5.41) is 10.6. The van der Waals surface area contributed by atoms with Crippen molar-refractivity contribution in [2.45, 2.75) is 10.6 Å². The summed E-state index contributed by atoms with van der Waals surface area (Å²) in [6.45, 7) is 0. The molecule has 0 fully saturated rings. The van der Waals surface area contributed by atoms with E-state index in [0.29, 0.717) is 0 Å². The highest BCUT2D eigenvalue weighted by molar-refractivity contribution is 7.84. The number of nitrogens with zero attached hydrogens (tertiary/aromatic N) is 1. The molecule has 0 spiro atoms. The summed E-state index contributed by atoms with van der Waals surface area (Å²) in [6.07, 6.45) is 0. The zero-order chi connectivity index (χ0) is 14.7. The van der Waals surface area contributed by atoms with Gasteiger partial charge in [-0.05, 0) is 12.1 Å². The van der Waals surface area contributed by atoms with Crippen LogP contribution in [0.3, 0.4) is 0 Å². The molecule has 104 valence electrons. The normalized spacial score (nSPS) is 12.1. The van der Waals surface area contributed by atoms with Crippen molar-refractivity contribution < 1.29 is 17.9 Å². The van der Waals surface area contributed by atoms with E-state index < -0.39 is 33.0 Å². The Labute approximate surface area is 115 Å². The fraction of sp³-hybridized carbons (Fsp3) is 0.0769. The number of rotatable bonds is 4. The monoisotopic (exact) mass is 297 g/mol. The first kappa shape index (κ1) is 14.3. The minimum atomic E-state index is -1.82. The lowest BCUT2D eigenvalue weighted by atomic mass is 10.2. The molecule has 4 nitrogen and oxygen atoms in total. The zero-order valence-corrected chi connectivity index (χ0v) is 10.9. The van der Waals surface area contributed by atoms with Gasteiger partial charge >= 0.3 is 5.69 Å². The van der Waals surface area contributed by atoms with Crippen molar-refractivity contribution in [3.8, 4) is 0 Å². The lowest BCUT2D eigenvalue weighted by Gasteiger charge is -2.05. The Morgan fingerprint density at radius 3 is 2.45 bits per heavy atom. The van der Waals surface area contributed by atoms with Gasteiger partial charge in [-0.25, -0.2) is 4.39 Å². The molecule has 0 heterocycles.